The van der Waals surface area contributed by atoms with Crippen molar-refractivity contribution in [2.75, 3.05) is 18.9 Å². The number of urea groups is 1. The molecule has 0 spiro atoms. The van der Waals surface area contributed by atoms with E-state index in [4.69, 9.17) is 11.5 Å². The number of terminal acetylenes is 1. The van der Waals surface area contributed by atoms with Gasteiger partial charge in [-0.3, -0.25) is 4.79 Å². The molecule has 0 fully saturated rings. The monoisotopic (exact) mass is 260 g/mol. The highest BCUT2D eigenvalue weighted by molar-refractivity contribution is 5.89. The van der Waals surface area contributed by atoms with Crippen molar-refractivity contribution in [3.05, 3.63) is 29.8 Å². The molecular formula is C14H16N2O3. The van der Waals surface area contributed by atoms with E-state index < -0.39 is 11.9 Å². The lowest BCUT2D eigenvalue weighted by Gasteiger charge is -2.20. The Labute approximate surface area is 112 Å². The van der Waals surface area contributed by atoms with Crippen molar-refractivity contribution in [3.8, 4) is 12.3 Å². The van der Waals surface area contributed by atoms with E-state index in [1.807, 2.05) is 0 Å². The molecule has 0 aromatic heterocycles. The number of carboxylic acids is 1. The van der Waals surface area contributed by atoms with Crippen molar-refractivity contribution in [2.45, 2.75) is 6.92 Å². The maximum atomic E-state index is 11.8. The number of anilines is 1. The molecule has 1 rings (SSSR count). The Morgan fingerprint density at radius 2 is 2.21 bits per heavy atom. The first-order chi connectivity index (χ1) is 8.93. The number of carbonyl (C=O) groups excluding carboxylic acids is 1. The molecule has 0 radical (unpaired) electrons. The second kappa shape index (κ2) is 6.45. The van der Waals surface area contributed by atoms with Crippen LogP contribution in [0.2, 0.25) is 0 Å². The number of hydrogen-bond acceptors (Lipinski definition) is 2. The number of aliphatic carboxylic acids is 1. The number of benzene rings is 1. The average molecular weight is 260 g/mol. The van der Waals surface area contributed by atoms with E-state index in [2.05, 4.69) is 11.2 Å². The fraction of sp³-hybridized carbons (Fsp3) is 0.286. The zero-order valence-corrected chi connectivity index (χ0v) is 10.9. The van der Waals surface area contributed by atoms with E-state index >= 15 is 0 Å². The van der Waals surface area contributed by atoms with Crippen LogP contribution in [0.25, 0.3) is 0 Å². The Balaban J connectivity index is 2.64. The molecule has 100 valence electrons. The van der Waals surface area contributed by atoms with Gasteiger partial charge in [-0.05, 0) is 18.2 Å². The van der Waals surface area contributed by atoms with Crippen LogP contribution in [0, 0.1) is 18.3 Å². The molecule has 1 aromatic carbocycles. The Morgan fingerprint density at radius 3 is 2.79 bits per heavy atom. The Kier molecular flexibility index (Phi) is 4.95. The summed E-state index contributed by atoms with van der Waals surface area (Å²) in [6.45, 7) is 1.68. The van der Waals surface area contributed by atoms with Crippen molar-refractivity contribution in [3.63, 3.8) is 0 Å². The third-order valence-electron chi connectivity index (χ3n) is 2.60. The fourth-order valence-electron chi connectivity index (χ4n) is 1.48. The number of nitrogens with one attached hydrogen (secondary N) is 1. The van der Waals surface area contributed by atoms with Crippen LogP contribution >= 0.6 is 0 Å². The van der Waals surface area contributed by atoms with E-state index in [0.29, 0.717) is 11.3 Å². The van der Waals surface area contributed by atoms with Gasteiger partial charge in [-0.1, -0.05) is 18.9 Å². The van der Waals surface area contributed by atoms with Crippen LogP contribution in [0.1, 0.15) is 12.5 Å². The van der Waals surface area contributed by atoms with Crippen molar-refractivity contribution in [2.24, 2.45) is 5.92 Å². The smallest absolute Gasteiger partial charge is 0.321 e. The standard InChI is InChI=1S/C14H16N2O3/c1-4-11-6-5-7-12(8-11)15-14(19)16(3)9-10(2)13(17)18/h1,5-8,10H,9H2,2-3H3,(H,15,19)(H,17,18). The van der Waals surface area contributed by atoms with Crippen LogP contribution < -0.4 is 5.32 Å². The largest absolute Gasteiger partial charge is 0.481 e. The van der Waals surface area contributed by atoms with Crippen LogP contribution in [0.4, 0.5) is 10.5 Å². The molecule has 1 aromatic rings. The summed E-state index contributed by atoms with van der Waals surface area (Å²) in [5.41, 5.74) is 1.25. The summed E-state index contributed by atoms with van der Waals surface area (Å²) in [6.07, 6.45) is 5.27. The van der Waals surface area contributed by atoms with Gasteiger partial charge >= 0.3 is 12.0 Å². The molecule has 0 saturated heterocycles. The van der Waals surface area contributed by atoms with E-state index in [-0.39, 0.29) is 12.6 Å². The highest BCUT2D eigenvalue weighted by Gasteiger charge is 2.17. The van der Waals surface area contributed by atoms with Crippen LogP contribution in [0.5, 0.6) is 0 Å². The number of carboxylic acid groups (broad SMARTS) is 1. The van der Waals surface area contributed by atoms with E-state index in [1.165, 1.54) is 4.90 Å². The lowest BCUT2D eigenvalue weighted by molar-refractivity contribution is -0.141. The lowest BCUT2D eigenvalue weighted by Crippen LogP contribution is -2.36. The second-order valence-corrected chi connectivity index (χ2v) is 4.28. The molecule has 2 amide bonds. The molecule has 2 N–H and O–H groups in total. The van der Waals surface area contributed by atoms with Crippen LogP contribution in [0.15, 0.2) is 24.3 Å². The van der Waals surface area contributed by atoms with E-state index in [1.54, 1.807) is 38.2 Å². The molecule has 19 heavy (non-hydrogen) atoms. The molecule has 5 nitrogen and oxygen atoms in total. The Morgan fingerprint density at radius 1 is 1.53 bits per heavy atom. The highest BCUT2D eigenvalue weighted by Crippen LogP contribution is 2.10. The molecule has 0 heterocycles. The summed E-state index contributed by atoms with van der Waals surface area (Å²) in [5.74, 6) is 0.920. The first-order valence-electron chi connectivity index (χ1n) is 5.75. The van der Waals surface area contributed by atoms with Gasteiger partial charge < -0.3 is 15.3 Å². The number of carbonyl (C=O) groups is 2. The SMILES string of the molecule is C#Cc1cccc(NC(=O)N(C)CC(C)C(=O)O)c1. The molecule has 5 heteroatoms. The summed E-state index contributed by atoms with van der Waals surface area (Å²) in [5, 5.41) is 11.4. The summed E-state index contributed by atoms with van der Waals surface area (Å²) >= 11 is 0. The van der Waals surface area contributed by atoms with Gasteiger partial charge in [0.15, 0.2) is 0 Å². The Bertz CT molecular complexity index is 520. The summed E-state index contributed by atoms with van der Waals surface area (Å²) in [7, 11) is 1.54. The third-order valence-corrected chi connectivity index (χ3v) is 2.60. The van der Waals surface area contributed by atoms with E-state index in [0.717, 1.165) is 0 Å². The molecule has 0 aliphatic heterocycles. The van der Waals surface area contributed by atoms with Crippen LogP contribution in [0.3, 0.4) is 0 Å². The van der Waals surface area contributed by atoms with Gasteiger partial charge in [0, 0.05) is 24.8 Å². The minimum atomic E-state index is -0.936. The molecule has 0 aliphatic carbocycles. The van der Waals surface area contributed by atoms with E-state index in [9.17, 15) is 9.59 Å². The summed E-state index contributed by atoms with van der Waals surface area (Å²) < 4.78 is 0. The van der Waals surface area contributed by atoms with Crippen molar-refractivity contribution < 1.29 is 14.7 Å². The molecule has 1 atom stereocenters. The van der Waals surface area contributed by atoms with Gasteiger partial charge in [0.2, 0.25) is 0 Å². The van der Waals surface area contributed by atoms with Crippen molar-refractivity contribution >= 4 is 17.7 Å². The van der Waals surface area contributed by atoms with Crippen LogP contribution in [-0.4, -0.2) is 35.6 Å². The molecule has 0 saturated carbocycles. The zero-order valence-electron chi connectivity index (χ0n) is 10.9. The quantitative estimate of drug-likeness (QED) is 0.812. The maximum absolute atomic E-state index is 11.8. The number of amides is 2. The molecule has 1 unspecified atom stereocenters. The van der Waals surface area contributed by atoms with Gasteiger partial charge in [0.1, 0.15) is 0 Å². The number of nitrogens with zero attached hydrogens (tertiary/aromatic N) is 1. The predicted molar refractivity (Wildman–Crippen MR) is 72.8 cm³/mol. The maximum Gasteiger partial charge on any atom is 0.321 e. The predicted octanol–water partition coefficient (Wildman–Crippen LogP) is 1.85. The third kappa shape index (κ3) is 4.36. The fourth-order valence-corrected chi connectivity index (χ4v) is 1.48. The second-order valence-electron chi connectivity index (χ2n) is 4.28. The topological polar surface area (TPSA) is 69.6 Å². The lowest BCUT2D eigenvalue weighted by atomic mass is 10.2. The van der Waals surface area contributed by atoms with Gasteiger partial charge in [0.25, 0.3) is 0 Å². The van der Waals surface area contributed by atoms with Gasteiger partial charge in [-0.25, -0.2) is 4.79 Å². The van der Waals surface area contributed by atoms with Gasteiger partial charge in [0.05, 0.1) is 5.92 Å². The van der Waals surface area contributed by atoms with Crippen LogP contribution in [-0.2, 0) is 4.79 Å². The first-order valence-corrected chi connectivity index (χ1v) is 5.75. The summed E-state index contributed by atoms with van der Waals surface area (Å²) in [4.78, 5) is 23.9. The zero-order chi connectivity index (χ0) is 14.4. The first kappa shape index (κ1) is 14.6. The van der Waals surface area contributed by atoms with Crippen molar-refractivity contribution in [1.82, 2.24) is 4.90 Å². The summed E-state index contributed by atoms with van der Waals surface area (Å²) in [6, 6.07) is 6.51. The van der Waals surface area contributed by atoms with Gasteiger partial charge in [-0.2, -0.15) is 0 Å². The normalized spacial score (nSPS) is 11.2. The molecular weight excluding hydrogens is 244 g/mol. The van der Waals surface area contributed by atoms with Gasteiger partial charge in [-0.15, -0.1) is 6.42 Å². The highest BCUT2D eigenvalue weighted by atomic mass is 16.4. The minimum Gasteiger partial charge on any atom is -0.481 e. The molecule has 0 aliphatic rings. The number of hydrogen-bond donors (Lipinski definition) is 2. The number of rotatable bonds is 4. The molecule has 0 bridgehead atoms. The Hall–Kier alpha value is -2.48. The van der Waals surface area contributed by atoms with Crippen molar-refractivity contribution in [1.29, 1.82) is 0 Å². The minimum absolute atomic E-state index is 0.135. The average Bonchev–Trinajstić information content (AvgIpc) is 2.38.